The molecule has 3 heteroatoms. The van der Waals surface area contributed by atoms with E-state index < -0.39 is 5.95 Å². The topological polar surface area (TPSA) is 38.9 Å². The summed E-state index contributed by atoms with van der Waals surface area (Å²) >= 11 is 0. The quantitative estimate of drug-likeness (QED) is 0.529. The van der Waals surface area contributed by atoms with Crippen LogP contribution in [0.15, 0.2) is 12.1 Å². The van der Waals surface area contributed by atoms with Crippen LogP contribution in [0.3, 0.4) is 0 Å². The normalized spacial score (nSPS) is 9.56. The maximum absolute atomic E-state index is 12.2. The molecule has 0 fully saturated rings. The van der Waals surface area contributed by atoms with Gasteiger partial charge >= 0.3 is 0 Å². The highest BCUT2D eigenvalue weighted by Gasteiger charge is 1.94. The Labute approximate surface area is 52.5 Å². The Kier molecular flexibility index (Phi) is 1.34. The standard InChI is InChI=1S/C6H7FN2/c1-4-5(8)2-3-6(7)9-4/h2-3H,8H2,1H3. The smallest absolute Gasteiger partial charge is 0.213 e. The van der Waals surface area contributed by atoms with Crippen molar-refractivity contribution in [3.05, 3.63) is 23.8 Å². The third kappa shape index (κ3) is 1.16. The molecule has 0 aliphatic heterocycles. The van der Waals surface area contributed by atoms with Gasteiger partial charge in [-0.3, -0.25) is 0 Å². The fraction of sp³-hybridized carbons (Fsp3) is 0.167. The molecule has 0 unspecified atom stereocenters. The third-order valence-electron chi connectivity index (χ3n) is 1.09. The number of pyridine rings is 1. The largest absolute Gasteiger partial charge is 0.397 e. The predicted octanol–water partition coefficient (Wildman–Crippen LogP) is 1.11. The fourth-order valence-corrected chi connectivity index (χ4v) is 0.541. The maximum atomic E-state index is 12.2. The molecule has 1 aromatic rings. The van der Waals surface area contributed by atoms with Gasteiger partial charge in [-0.1, -0.05) is 0 Å². The first kappa shape index (κ1) is 6.01. The van der Waals surface area contributed by atoms with Crippen LogP contribution in [0, 0.1) is 12.9 Å². The number of nitrogen functional groups attached to an aromatic ring is 1. The summed E-state index contributed by atoms with van der Waals surface area (Å²) in [5.41, 5.74) is 6.42. The molecule has 0 atom stereocenters. The van der Waals surface area contributed by atoms with Crippen LogP contribution in [-0.4, -0.2) is 4.98 Å². The first-order valence-electron chi connectivity index (χ1n) is 2.59. The van der Waals surface area contributed by atoms with Crippen molar-refractivity contribution in [1.29, 1.82) is 0 Å². The first-order valence-corrected chi connectivity index (χ1v) is 2.59. The summed E-state index contributed by atoms with van der Waals surface area (Å²) in [6.07, 6.45) is 0. The molecule has 0 aliphatic rings. The number of hydrogen-bond donors (Lipinski definition) is 1. The van der Waals surface area contributed by atoms with Gasteiger partial charge in [-0.15, -0.1) is 0 Å². The minimum atomic E-state index is -0.485. The summed E-state index contributed by atoms with van der Waals surface area (Å²) in [4.78, 5) is 3.48. The van der Waals surface area contributed by atoms with Crippen molar-refractivity contribution in [1.82, 2.24) is 4.98 Å². The zero-order chi connectivity index (χ0) is 6.85. The van der Waals surface area contributed by atoms with Crippen LogP contribution in [0.1, 0.15) is 5.69 Å². The number of hydrogen-bond acceptors (Lipinski definition) is 2. The molecule has 0 spiro atoms. The Bertz CT molecular complexity index is 222. The van der Waals surface area contributed by atoms with Gasteiger partial charge in [0.15, 0.2) is 0 Å². The number of aryl methyl sites for hydroxylation is 1. The summed E-state index contributed by atoms with van der Waals surface area (Å²) in [7, 11) is 0. The zero-order valence-corrected chi connectivity index (χ0v) is 5.06. The zero-order valence-electron chi connectivity index (χ0n) is 5.06. The van der Waals surface area contributed by atoms with Crippen molar-refractivity contribution < 1.29 is 4.39 Å². The monoisotopic (exact) mass is 126 g/mol. The SMILES string of the molecule is Cc1nc(F)ccc1N. The van der Waals surface area contributed by atoms with E-state index in [1.165, 1.54) is 12.1 Å². The number of nitrogens with two attached hydrogens (primary N) is 1. The van der Waals surface area contributed by atoms with Crippen LogP contribution < -0.4 is 5.73 Å². The van der Waals surface area contributed by atoms with Crippen molar-refractivity contribution in [3.63, 3.8) is 0 Å². The molecule has 2 N–H and O–H groups in total. The van der Waals surface area contributed by atoms with E-state index in [9.17, 15) is 4.39 Å². The highest BCUT2D eigenvalue weighted by atomic mass is 19.1. The van der Waals surface area contributed by atoms with Gasteiger partial charge in [0, 0.05) is 0 Å². The summed E-state index contributed by atoms with van der Waals surface area (Å²) in [5, 5.41) is 0. The van der Waals surface area contributed by atoms with E-state index in [0.29, 0.717) is 11.4 Å². The van der Waals surface area contributed by atoms with Gasteiger partial charge in [-0.2, -0.15) is 4.39 Å². The van der Waals surface area contributed by atoms with Gasteiger partial charge < -0.3 is 5.73 Å². The molecule has 0 saturated carbocycles. The molecule has 0 aromatic carbocycles. The van der Waals surface area contributed by atoms with Gasteiger partial charge in [-0.05, 0) is 19.1 Å². The van der Waals surface area contributed by atoms with Gasteiger partial charge in [0.25, 0.3) is 0 Å². The number of rotatable bonds is 0. The number of halogens is 1. The van der Waals surface area contributed by atoms with Gasteiger partial charge in [0.05, 0.1) is 11.4 Å². The van der Waals surface area contributed by atoms with Gasteiger partial charge in [0.2, 0.25) is 5.95 Å². The van der Waals surface area contributed by atoms with Crippen molar-refractivity contribution in [2.75, 3.05) is 5.73 Å². The van der Waals surface area contributed by atoms with E-state index in [4.69, 9.17) is 5.73 Å². The Morgan fingerprint density at radius 3 is 2.67 bits per heavy atom. The molecule has 1 aromatic heterocycles. The molecule has 48 valence electrons. The van der Waals surface area contributed by atoms with Crippen LogP contribution in [0.5, 0.6) is 0 Å². The molecule has 0 aliphatic carbocycles. The minimum absolute atomic E-state index is 0.485. The lowest BCUT2D eigenvalue weighted by molar-refractivity contribution is 0.580. The summed E-state index contributed by atoms with van der Waals surface area (Å²) < 4.78 is 12.2. The second-order valence-electron chi connectivity index (χ2n) is 1.81. The lowest BCUT2D eigenvalue weighted by Crippen LogP contribution is -1.93. The van der Waals surface area contributed by atoms with E-state index in [1.54, 1.807) is 6.92 Å². The highest BCUT2D eigenvalue weighted by molar-refractivity contribution is 5.40. The van der Waals surface area contributed by atoms with E-state index in [2.05, 4.69) is 4.98 Å². The molecular weight excluding hydrogens is 119 g/mol. The van der Waals surface area contributed by atoms with Crippen LogP contribution in [0.25, 0.3) is 0 Å². The van der Waals surface area contributed by atoms with Crippen LogP contribution in [-0.2, 0) is 0 Å². The van der Waals surface area contributed by atoms with Gasteiger partial charge in [0.1, 0.15) is 0 Å². The Morgan fingerprint density at radius 2 is 2.22 bits per heavy atom. The molecule has 0 amide bonds. The van der Waals surface area contributed by atoms with Crippen LogP contribution >= 0.6 is 0 Å². The summed E-state index contributed by atoms with van der Waals surface area (Å²) in [5.74, 6) is -0.485. The molecule has 1 heterocycles. The number of anilines is 1. The van der Waals surface area contributed by atoms with Crippen molar-refractivity contribution in [2.24, 2.45) is 0 Å². The molecule has 2 nitrogen and oxygen atoms in total. The minimum Gasteiger partial charge on any atom is -0.397 e. The van der Waals surface area contributed by atoms with Crippen molar-refractivity contribution in [2.45, 2.75) is 6.92 Å². The molecule has 1 rings (SSSR count). The lowest BCUT2D eigenvalue weighted by atomic mass is 10.3. The molecule has 9 heavy (non-hydrogen) atoms. The molecule has 0 saturated heterocycles. The first-order chi connectivity index (χ1) is 4.20. The summed E-state index contributed by atoms with van der Waals surface area (Å²) in [6.45, 7) is 1.67. The second kappa shape index (κ2) is 2.01. The van der Waals surface area contributed by atoms with E-state index in [-0.39, 0.29) is 0 Å². The third-order valence-corrected chi connectivity index (χ3v) is 1.09. The number of aromatic nitrogens is 1. The summed E-state index contributed by atoms with van der Waals surface area (Å²) in [6, 6.07) is 2.74. The highest BCUT2D eigenvalue weighted by Crippen LogP contribution is 2.05. The Balaban J connectivity index is 3.17. The molecule has 0 bridgehead atoms. The van der Waals surface area contributed by atoms with E-state index in [0.717, 1.165) is 0 Å². The van der Waals surface area contributed by atoms with Crippen LogP contribution in [0.4, 0.5) is 10.1 Å². The number of nitrogens with zero attached hydrogens (tertiary/aromatic N) is 1. The Morgan fingerprint density at radius 1 is 1.56 bits per heavy atom. The molecular formula is C6H7FN2. The lowest BCUT2D eigenvalue weighted by Gasteiger charge is -1.95. The average molecular weight is 126 g/mol. The van der Waals surface area contributed by atoms with Gasteiger partial charge in [-0.25, -0.2) is 4.98 Å². The van der Waals surface area contributed by atoms with E-state index >= 15 is 0 Å². The predicted molar refractivity (Wildman–Crippen MR) is 33.3 cm³/mol. The fourth-order valence-electron chi connectivity index (χ4n) is 0.541. The van der Waals surface area contributed by atoms with E-state index in [1.807, 2.05) is 0 Å². The average Bonchev–Trinajstić information content (AvgIpc) is 1.80. The van der Waals surface area contributed by atoms with Crippen molar-refractivity contribution in [3.8, 4) is 0 Å². The maximum Gasteiger partial charge on any atom is 0.213 e. The molecule has 0 radical (unpaired) electrons. The van der Waals surface area contributed by atoms with Crippen LogP contribution in [0.2, 0.25) is 0 Å². The second-order valence-corrected chi connectivity index (χ2v) is 1.81. The van der Waals surface area contributed by atoms with Crippen molar-refractivity contribution >= 4 is 5.69 Å². The Hall–Kier alpha value is -1.12.